The van der Waals surface area contributed by atoms with Crippen molar-refractivity contribution in [3.63, 3.8) is 0 Å². The van der Waals surface area contributed by atoms with Crippen molar-refractivity contribution in [3.8, 4) is 0 Å². The first-order chi connectivity index (χ1) is 9.28. The third kappa shape index (κ3) is 2.08. The van der Waals surface area contributed by atoms with E-state index in [0.717, 1.165) is 5.52 Å². The molecule has 0 spiro atoms. The van der Waals surface area contributed by atoms with E-state index in [1.54, 1.807) is 30.1 Å². The molecule has 19 heavy (non-hydrogen) atoms. The van der Waals surface area contributed by atoms with Gasteiger partial charge in [0, 0.05) is 7.05 Å². The van der Waals surface area contributed by atoms with Crippen LogP contribution in [0.15, 0.2) is 45.9 Å². The van der Waals surface area contributed by atoms with Gasteiger partial charge in [-0.1, -0.05) is 12.1 Å². The van der Waals surface area contributed by atoms with E-state index in [0.29, 0.717) is 23.6 Å². The van der Waals surface area contributed by atoms with Crippen molar-refractivity contribution in [3.05, 3.63) is 52.9 Å². The second-order valence-electron chi connectivity index (χ2n) is 4.06. The second kappa shape index (κ2) is 4.56. The average Bonchev–Trinajstić information content (AvgIpc) is 2.76. The predicted molar refractivity (Wildman–Crippen MR) is 71.2 cm³/mol. The molecule has 0 aliphatic carbocycles. The molecule has 1 aromatic carbocycles. The van der Waals surface area contributed by atoms with E-state index >= 15 is 0 Å². The van der Waals surface area contributed by atoms with Crippen LogP contribution in [-0.2, 0) is 6.54 Å². The summed E-state index contributed by atoms with van der Waals surface area (Å²) in [6.07, 6.45) is 3.27. The Hall–Kier alpha value is -2.63. The van der Waals surface area contributed by atoms with Crippen LogP contribution in [0, 0.1) is 0 Å². The summed E-state index contributed by atoms with van der Waals surface area (Å²) in [5.41, 5.74) is 2.03. The fraction of sp³-hybridized carbons (Fsp3) is 0.154. The van der Waals surface area contributed by atoms with Crippen LogP contribution in [0.5, 0.6) is 0 Å². The van der Waals surface area contributed by atoms with Crippen molar-refractivity contribution in [1.82, 2.24) is 14.5 Å². The highest BCUT2D eigenvalue weighted by atomic mass is 16.4. The van der Waals surface area contributed by atoms with E-state index in [1.807, 2.05) is 18.2 Å². The van der Waals surface area contributed by atoms with E-state index in [2.05, 4.69) is 15.3 Å². The van der Waals surface area contributed by atoms with Gasteiger partial charge in [-0.3, -0.25) is 9.55 Å². The van der Waals surface area contributed by atoms with Crippen LogP contribution in [0.1, 0.15) is 5.69 Å². The molecule has 6 nitrogen and oxygen atoms in total. The number of aromatic nitrogens is 3. The van der Waals surface area contributed by atoms with Crippen LogP contribution >= 0.6 is 0 Å². The SMILES string of the molecule is CNc1cnc(Cn2c(=O)oc3ccccc32)cn1. The van der Waals surface area contributed by atoms with Gasteiger partial charge in [0.05, 0.1) is 30.1 Å². The number of para-hydroxylation sites is 2. The summed E-state index contributed by atoms with van der Waals surface area (Å²) in [7, 11) is 1.78. The third-order valence-corrected chi connectivity index (χ3v) is 2.86. The van der Waals surface area contributed by atoms with Crippen molar-refractivity contribution in [1.29, 1.82) is 0 Å². The Balaban J connectivity index is 2.00. The number of nitrogens with zero attached hydrogens (tertiary/aromatic N) is 3. The lowest BCUT2D eigenvalue weighted by atomic mass is 10.3. The Morgan fingerprint density at radius 1 is 1.26 bits per heavy atom. The molecule has 0 unspecified atom stereocenters. The van der Waals surface area contributed by atoms with E-state index in [4.69, 9.17) is 4.42 Å². The van der Waals surface area contributed by atoms with Gasteiger partial charge in [0.2, 0.25) is 0 Å². The Labute approximate surface area is 108 Å². The molecule has 0 saturated carbocycles. The van der Waals surface area contributed by atoms with Gasteiger partial charge < -0.3 is 9.73 Å². The summed E-state index contributed by atoms with van der Waals surface area (Å²) >= 11 is 0. The predicted octanol–water partition coefficient (Wildman–Crippen LogP) is 1.47. The fourth-order valence-corrected chi connectivity index (χ4v) is 1.89. The fourth-order valence-electron chi connectivity index (χ4n) is 1.89. The van der Waals surface area contributed by atoms with Crippen LogP contribution < -0.4 is 11.1 Å². The molecule has 3 rings (SSSR count). The number of rotatable bonds is 3. The maximum Gasteiger partial charge on any atom is 0.420 e. The molecule has 0 fully saturated rings. The molecular formula is C13H12N4O2. The monoisotopic (exact) mass is 256 g/mol. The standard InChI is InChI=1S/C13H12N4O2/c1-14-12-7-15-9(6-16-12)8-17-10-4-2-3-5-11(10)19-13(17)18/h2-7H,8H2,1H3,(H,14,16). The van der Waals surface area contributed by atoms with E-state index < -0.39 is 0 Å². The maximum absolute atomic E-state index is 11.8. The molecule has 2 aromatic heterocycles. The van der Waals surface area contributed by atoms with Gasteiger partial charge in [0.1, 0.15) is 5.82 Å². The number of hydrogen-bond acceptors (Lipinski definition) is 5. The minimum Gasteiger partial charge on any atom is -0.408 e. The summed E-state index contributed by atoms with van der Waals surface area (Å²) in [5.74, 6) is 0.300. The van der Waals surface area contributed by atoms with Gasteiger partial charge in [-0.25, -0.2) is 9.78 Å². The molecule has 0 saturated heterocycles. The van der Waals surface area contributed by atoms with Crippen molar-refractivity contribution in [2.75, 3.05) is 12.4 Å². The Kier molecular flexibility index (Phi) is 2.75. The number of oxazole rings is 1. The second-order valence-corrected chi connectivity index (χ2v) is 4.06. The number of anilines is 1. The smallest absolute Gasteiger partial charge is 0.408 e. The van der Waals surface area contributed by atoms with E-state index in [1.165, 1.54) is 0 Å². The molecule has 2 heterocycles. The lowest BCUT2D eigenvalue weighted by Crippen LogP contribution is -2.15. The largest absolute Gasteiger partial charge is 0.420 e. The normalized spacial score (nSPS) is 10.8. The molecule has 1 N–H and O–H groups in total. The first-order valence-electron chi connectivity index (χ1n) is 5.85. The molecule has 0 atom stereocenters. The summed E-state index contributed by atoms with van der Waals surface area (Å²) in [5, 5.41) is 2.89. The zero-order valence-corrected chi connectivity index (χ0v) is 10.3. The van der Waals surface area contributed by atoms with E-state index in [9.17, 15) is 4.79 Å². The topological polar surface area (TPSA) is 73.0 Å². The van der Waals surface area contributed by atoms with Crippen LogP contribution in [0.25, 0.3) is 11.1 Å². The van der Waals surface area contributed by atoms with Crippen molar-refractivity contribution >= 4 is 16.9 Å². The number of nitrogens with one attached hydrogen (secondary N) is 1. The summed E-state index contributed by atoms with van der Waals surface area (Å²) in [4.78, 5) is 20.2. The van der Waals surface area contributed by atoms with E-state index in [-0.39, 0.29) is 5.76 Å². The number of fused-ring (bicyclic) bond motifs is 1. The summed E-state index contributed by atoms with van der Waals surface area (Å²) < 4.78 is 6.70. The first kappa shape index (κ1) is 11.5. The van der Waals surface area contributed by atoms with Crippen molar-refractivity contribution in [2.45, 2.75) is 6.54 Å². The Morgan fingerprint density at radius 2 is 2.11 bits per heavy atom. The zero-order valence-electron chi connectivity index (χ0n) is 10.3. The Morgan fingerprint density at radius 3 is 2.84 bits per heavy atom. The average molecular weight is 256 g/mol. The third-order valence-electron chi connectivity index (χ3n) is 2.86. The lowest BCUT2D eigenvalue weighted by Gasteiger charge is -2.03. The molecule has 0 radical (unpaired) electrons. The zero-order chi connectivity index (χ0) is 13.2. The molecule has 0 amide bonds. The molecule has 0 aliphatic heterocycles. The van der Waals surface area contributed by atoms with Crippen molar-refractivity contribution < 1.29 is 4.42 Å². The lowest BCUT2D eigenvalue weighted by molar-refractivity contribution is 0.516. The maximum atomic E-state index is 11.8. The minimum atomic E-state index is -0.388. The van der Waals surface area contributed by atoms with Gasteiger partial charge in [-0.2, -0.15) is 0 Å². The molecular weight excluding hydrogens is 244 g/mol. The highest BCUT2D eigenvalue weighted by molar-refractivity contribution is 5.72. The molecule has 6 heteroatoms. The van der Waals surface area contributed by atoms with Gasteiger partial charge in [0.25, 0.3) is 0 Å². The minimum absolute atomic E-state index is 0.340. The van der Waals surface area contributed by atoms with Crippen LogP contribution in [0.2, 0.25) is 0 Å². The molecule has 0 bridgehead atoms. The van der Waals surface area contributed by atoms with Crippen LogP contribution in [0.4, 0.5) is 5.82 Å². The quantitative estimate of drug-likeness (QED) is 0.768. The first-order valence-corrected chi connectivity index (χ1v) is 5.85. The van der Waals surface area contributed by atoms with Crippen LogP contribution in [0.3, 0.4) is 0 Å². The van der Waals surface area contributed by atoms with Gasteiger partial charge in [0.15, 0.2) is 5.58 Å². The van der Waals surface area contributed by atoms with Gasteiger partial charge in [-0.05, 0) is 12.1 Å². The molecule has 96 valence electrons. The Bertz CT molecular complexity index is 758. The summed E-state index contributed by atoms with van der Waals surface area (Å²) in [6, 6.07) is 7.30. The summed E-state index contributed by atoms with van der Waals surface area (Å²) in [6.45, 7) is 0.340. The molecule has 3 aromatic rings. The molecule has 0 aliphatic rings. The van der Waals surface area contributed by atoms with Crippen molar-refractivity contribution in [2.24, 2.45) is 0 Å². The van der Waals surface area contributed by atoms with Crippen LogP contribution in [-0.4, -0.2) is 21.6 Å². The highest BCUT2D eigenvalue weighted by Crippen LogP contribution is 2.12. The number of benzene rings is 1. The van der Waals surface area contributed by atoms with Gasteiger partial charge in [-0.15, -0.1) is 0 Å². The van der Waals surface area contributed by atoms with Gasteiger partial charge >= 0.3 is 5.76 Å². The number of hydrogen-bond donors (Lipinski definition) is 1. The highest BCUT2D eigenvalue weighted by Gasteiger charge is 2.09.